The maximum absolute atomic E-state index is 11.4. The van der Waals surface area contributed by atoms with Gasteiger partial charge in [-0.05, 0) is 12.8 Å². The van der Waals surface area contributed by atoms with Gasteiger partial charge >= 0.3 is 0 Å². The van der Waals surface area contributed by atoms with Crippen LogP contribution >= 0.6 is 0 Å². The summed E-state index contributed by atoms with van der Waals surface area (Å²) < 4.78 is 0. The molecule has 0 rings (SSSR count). The zero-order chi connectivity index (χ0) is 11.0. The first kappa shape index (κ1) is 13.0. The minimum Gasteiger partial charge on any atom is -0.342 e. The van der Waals surface area contributed by atoms with Crippen molar-refractivity contribution in [1.82, 2.24) is 5.32 Å². The van der Waals surface area contributed by atoms with Crippen LogP contribution in [0.3, 0.4) is 0 Å². The van der Waals surface area contributed by atoms with Gasteiger partial charge in [0.25, 0.3) is 0 Å². The van der Waals surface area contributed by atoms with E-state index < -0.39 is 0 Å². The van der Waals surface area contributed by atoms with Crippen molar-refractivity contribution in [1.29, 1.82) is 0 Å². The summed E-state index contributed by atoms with van der Waals surface area (Å²) in [7, 11) is 0. The Morgan fingerprint density at radius 1 is 1.57 bits per heavy atom. The zero-order valence-corrected chi connectivity index (χ0v) is 9.05. The quantitative estimate of drug-likeness (QED) is 0.623. The molecule has 3 nitrogen and oxygen atoms in total. The average Bonchev–Trinajstić information content (AvgIpc) is 2.14. The van der Waals surface area contributed by atoms with Gasteiger partial charge in [-0.3, -0.25) is 4.79 Å². The van der Waals surface area contributed by atoms with Crippen LogP contribution in [0.25, 0.3) is 0 Å². The Morgan fingerprint density at radius 2 is 2.21 bits per heavy atom. The first-order chi connectivity index (χ1) is 6.63. The number of nitrogens with two attached hydrogens (primary N) is 1. The zero-order valence-electron chi connectivity index (χ0n) is 9.05. The predicted octanol–water partition coefficient (Wildman–Crippen LogP) is 1.03. The highest BCUT2D eigenvalue weighted by atomic mass is 16.1. The van der Waals surface area contributed by atoms with Gasteiger partial charge in [-0.2, -0.15) is 0 Å². The van der Waals surface area contributed by atoms with E-state index in [1.807, 2.05) is 13.8 Å². The maximum atomic E-state index is 11.4. The van der Waals surface area contributed by atoms with Crippen molar-refractivity contribution in [2.24, 2.45) is 5.73 Å². The number of hydrogen-bond acceptors (Lipinski definition) is 2. The fraction of sp³-hybridized carbons (Fsp3) is 0.727. The van der Waals surface area contributed by atoms with Crippen molar-refractivity contribution in [2.45, 2.75) is 51.6 Å². The van der Waals surface area contributed by atoms with Crippen molar-refractivity contribution >= 4 is 5.91 Å². The maximum Gasteiger partial charge on any atom is 0.222 e. The van der Waals surface area contributed by atoms with Gasteiger partial charge in [0.1, 0.15) is 0 Å². The molecule has 3 heteroatoms. The topological polar surface area (TPSA) is 55.1 Å². The van der Waals surface area contributed by atoms with Crippen LogP contribution in [0.4, 0.5) is 0 Å². The molecule has 0 radical (unpaired) electrons. The highest BCUT2D eigenvalue weighted by molar-refractivity contribution is 5.77. The SMILES string of the molecule is C#CC(CC)NC(=O)CC(N)CCC. The van der Waals surface area contributed by atoms with Crippen LogP contribution in [0.1, 0.15) is 39.5 Å². The minimum absolute atomic E-state index is 0.0456. The van der Waals surface area contributed by atoms with E-state index in [2.05, 4.69) is 11.2 Å². The highest BCUT2D eigenvalue weighted by Crippen LogP contribution is 1.99. The fourth-order valence-electron chi connectivity index (χ4n) is 1.23. The van der Waals surface area contributed by atoms with E-state index in [1.165, 1.54) is 0 Å². The summed E-state index contributed by atoms with van der Waals surface area (Å²) in [5, 5.41) is 2.75. The van der Waals surface area contributed by atoms with Crippen molar-refractivity contribution in [3.05, 3.63) is 0 Å². The van der Waals surface area contributed by atoms with Crippen LogP contribution < -0.4 is 11.1 Å². The fourth-order valence-corrected chi connectivity index (χ4v) is 1.23. The van der Waals surface area contributed by atoms with Crippen LogP contribution in [-0.2, 0) is 4.79 Å². The molecule has 0 bridgehead atoms. The summed E-state index contributed by atoms with van der Waals surface area (Å²) in [5.74, 6) is 2.47. The standard InChI is InChI=1S/C11H20N2O/c1-4-7-9(12)8-11(14)13-10(5-2)6-3/h2,9-10H,4,6-8,12H2,1,3H3,(H,13,14). The molecule has 2 atom stereocenters. The Bertz CT molecular complexity index is 208. The lowest BCUT2D eigenvalue weighted by Gasteiger charge is -2.13. The van der Waals surface area contributed by atoms with E-state index in [0.717, 1.165) is 19.3 Å². The smallest absolute Gasteiger partial charge is 0.222 e. The molecule has 0 saturated heterocycles. The Labute approximate surface area is 86.4 Å². The molecule has 0 heterocycles. The molecule has 0 aromatic rings. The van der Waals surface area contributed by atoms with Crippen molar-refractivity contribution < 1.29 is 4.79 Å². The Balaban J connectivity index is 3.80. The van der Waals surface area contributed by atoms with E-state index in [0.29, 0.717) is 6.42 Å². The first-order valence-corrected chi connectivity index (χ1v) is 5.15. The summed E-state index contributed by atoms with van der Waals surface area (Å²) in [6.45, 7) is 3.99. The van der Waals surface area contributed by atoms with Crippen molar-refractivity contribution in [3.8, 4) is 12.3 Å². The lowest BCUT2D eigenvalue weighted by Crippen LogP contribution is -2.37. The normalized spacial score (nSPS) is 14.1. The molecule has 80 valence electrons. The highest BCUT2D eigenvalue weighted by Gasteiger charge is 2.11. The second-order valence-corrected chi connectivity index (χ2v) is 3.45. The van der Waals surface area contributed by atoms with Crippen LogP contribution in [0.2, 0.25) is 0 Å². The van der Waals surface area contributed by atoms with Crippen LogP contribution in [-0.4, -0.2) is 18.0 Å². The van der Waals surface area contributed by atoms with Gasteiger partial charge in [0.15, 0.2) is 0 Å². The molecule has 2 unspecified atom stereocenters. The summed E-state index contributed by atoms with van der Waals surface area (Å²) in [6.07, 6.45) is 8.22. The summed E-state index contributed by atoms with van der Waals surface area (Å²) in [6, 6.07) is -0.202. The van der Waals surface area contributed by atoms with E-state index in [-0.39, 0.29) is 18.0 Å². The van der Waals surface area contributed by atoms with Gasteiger partial charge in [-0.1, -0.05) is 26.2 Å². The monoisotopic (exact) mass is 196 g/mol. The second kappa shape index (κ2) is 7.40. The third-order valence-electron chi connectivity index (χ3n) is 2.05. The molecule has 0 saturated carbocycles. The van der Waals surface area contributed by atoms with Gasteiger partial charge < -0.3 is 11.1 Å². The van der Waals surface area contributed by atoms with Crippen LogP contribution in [0.5, 0.6) is 0 Å². The van der Waals surface area contributed by atoms with Crippen LogP contribution in [0, 0.1) is 12.3 Å². The predicted molar refractivity (Wildman–Crippen MR) is 58.6 cm³/mol. The number of nitrogens with one attached hydrogen (secondary N) is 1. The summed E-state index contributed by atoms with van der Waals surface area (Å²) >= 11 is 0. The largest absolute Gasteiger partial charge is 0.342 e. The van der Waals surface area contributed by atoms with Gasteiger partial charge in [-0.15, -0.1) is 6.42 Å². The molecule has 0 spiro atoms. The number of carbonyl (C=O) groups is 1. The Hall–Kier alpha value is -1.01. The number of carbonyl (C=O) groups excluding carboxylic acids is 1. The first-order valence-electron chi connectivity index (χ1n) is 5.15. The number of amides is 1. The Kier molecular flexibility index (Phi) is 6.87. The lowest BCUT2D eigenvalue weighted by molar-refractivity contribution is -0.121. The van der Waals surface area contributed by atoms with E-state index in [1.54, 1.807) is 0 Å². The van der Waals surface area contributed by atoms with Crippen molar-refractivity contribution in [2.75, 3.05) is 0 Å². The summed E-state index contributed by atoms with van der Waals surface area (Å²) in [5.41, 5.74) is 5.73. The molecule has 0 aliphatic heterocycles. The van der Waals surface area contributed by atoms with Gasteiger partial charge in [0, 0.05) is 12.5 Å². The third kappa shape index (κ3) is 5.60. The number of terminal acetylenes is 1. The van der Waals surface area contributed by atoms with E-state index in [4.69, 9.17) is 12.2 Å². The average molecular weight is 196 g/mol. The molecule has 0 fully saturated rings. The molecule has 3 N–H and O–H groups in total. The number of hydrogen-bond donors (Lipinski definition) is 2. The Morgan fingerprint density at radius 3 is 2.64 bits per heavy atom. The molecule has 14 heavy (non-hydrogen) atoms. The van der Waals surface area contributed by atoms with Gasteiger partial charge in [0.05, 0.1) is 6.04 Å². The molecular formula is C11H20N2O. The minimum atomic E-state index is -0.156. The van der Waals surface area contributed by atoms with Crippen LogP contribution in [0.15, 0.2) is 0 Å². The van der Waals surface area contributed by atoms with Gasteiger partial charge in [0.2, 0.25) is 5.91 Å². The van der Waals surface area contributed by atoms with E-state index >= 15 is 0 Å². The lowest BCUT2D eigenvalue weighted by atomic mass is 10.1. The second-order valence-electron chi connectivity index (χ2n) is 3.45. The molecular weight excluding hydrogens is 176 g/mol. The molecule has 0 aliphatic rings. The van der Waals surface area contributed by atoms with E-state index in [9.17, 15) is 4.79 Å². The summed E-state index contributed by atoms with van der Waals surface area (Å²) in [4.78, 5) is 11.4. The van der Waals surface area contributed by atoms with Crippen molar-refractivity contribution in [3.63, 3.8) is 0 Å². The molecule has 0 aromatic heterocycles. The molecule has 0 aliphatic carbocycles. The molecule has 1 amide bonds. The third-order valence-corrected chi connectivity index (χ3v) is 2.05. The molecule has 0 aromatic carbocycles. The number of rotatable bonds is 6. The van der Waals surface area contributed by atoms with Gasteiger partial charge in [-0.25, -0.2) is 0 Å².